The maximum Gasteiger partial charge on any atom is 0.272 e. The predicted molar refractivity (Wildman–Crippen MR) is 67.0 cm³/mol. The van der Waals surface area contributed by atoms with E-state index >= 15 is 0 Å². The number of hydrogen-bond donors (Lipinski definition) is 0. The standard InChI is InChI=1S/C13H17N3O2/c1-10(2)18-7-6-16(3)13(17)12-5-4-11(8-14)9-15-12/h4-5,9-10H,6-7H2,1-3H3. The number of nitrogens with zero attached hydrogens (tertiary/aromatic N) is 3. The van der Waals surface area contributed by atoms with E-state index in [1.807, 2.05) is 19.9 Å². The van der Waals surface area contributed by atoms with E-state index in [2.05, 4.69) is 4.98 Å². The fourth-order valence-corrected chi connectivity index (χ4v) is 1.31. The highest BCUT2D eigenvalue weighted by molar-refractivity contribution is 5.92. The van der Waals surface area contributed by atoms with E-state index in [-0.39, 0.29) is 12.0 Å². The molecule has 0 saturated heterocycles. The summed E-state index contributed by atoms with van der Waals surface area (Å²) in [5.74, 6) is -0.174. The molecule has 0 aliphatic carbocycles. The van der Waals surface area contributed by atoms with Gasteiger partial charge in [-0.2, -0.15) is 5.26 Å². The number of pyridine rings is 1. The van der Waals surface area contributed by atoms with Crippen LogP contribution in [0.5, 0.6) is 0 Å². The second-order valence-electron chi connectivity index (χ2n) is 4.19. The van der Waals surface area contributed by atoms with Gasteiger partial charge in [0.1, 0.15) is 11.8 Å². The molecule has 5 heteroatoms. The summed E-state index contributed by atoms with van der Waals surface area (Å²) in [7, 11) is 1.70. The van der Waals surface area contributed by atoms with Crippen LogP contribution in [-0.4, -0.2) is 42.1 Å². The van der Waals surface area contributed by atoms with E-state index in [4.69, 9.17) is 10.00 Å². The zero-order chi connectivity index (χ0) is 13.5. The molecular formula is C13H17N3O2. The average molecular weight is 247 g/mol. The molecule has 0 N–H and O–H groups in total. The summed E-state index contributed by atoms with van der Waals surface area (Å²) in [4.78, 5) is 17.5. The van der Waals surface area contributed by atoms with Gasteiger partial charge in [-0.25, -0.2) is 4.98 Å². The largest absolute Gasteiger partial charge is 0.377 e. The maximum atomic E-state index is 11.9. The minimum atomic E-state index is -0.174. The molecule has 0 aliphatic heterocycles. The summed E-state index contributed by atoms with van der Waals surface area (Å²) in [6.07, 6.45) is 1.55. The first-order chi connectivity index (χ1) is 8.54. The van der Waals surface area contributed by atoms with E-state index in [1.165, 1.54) is 6.20 Å². The van der Waals surface area contributed by atoms with E-state index in [0.29, 0.717) is 24.4 Å². The Labute approximate surface area is 107 Å². The van der Waals surface area contributed by atoms with Crippen LogP contribution in [0.4, 0.5) is 0 Å². The van der Waals surface area contributed by atoms with Gasteiger partial charge in [-0.3, -0.25) is 4.79 Å². The first kappa shape index (κ1) is 14.1. The van der Waals surface area contributed by atoms with Gasteiger partial charge < -0.3 is 9.64 Å². The lowest BCUT2D eigenvalue weighted by Gasteiger charge is -2.17. The van der Waals surface area contributed by atoms with Gasteiger partial charge in [0.15, 0.2) is 0 Å². The van der Waals surface area contributed by atoms with Gasteiger partial charge in [0, 0.05) is 19.8 Å². The van der Waals surface area contributed by atoms with Crippen molar-refractivity contribution in [3.8, 4) is 6.07 Å². The number of carbonyl (C=O) groups is 1. The van der Waals surface area contributed by atoms with Crippen molar-refractivity contribution >= 4 is 5.91 Å². The van der Waals surface area contributed by atoms with E-state index in [1.54, 1.807) is 24.1 Å². The van der Waals surface area contributed by atoms with Crippen LogP contribution in [0, 0.1) is 11.3 Å². The Bertz CT molecular complexity index is 435. The summed E-state index contributed by atoms with van der Waals surface area (Å²) in [6.45, 7) is 4.91. The van der Waals surface area contributed by atoms with E-state index < -0.39 is 0 Å². The number of nitriles is 1. The fraction of sp³-hybridized carbons (Fsp3) is 0.462. The molecule has 96 valence electrons. The summed E-state index contributed by atoms with van der Waals surface area (Å²) in [5.41, 5.74) is 0.776. The number of ether oxygens (including phenoxy) is 1. The van der Waals surface area contributed by atoms with Crippen LogP contribution in [0.25, 0.3) is 0 Å². The molecule has 0 saturated carbocycles. The molecule has 0 aromatic carbocycles. The molecule has 1 aromatic rings. The highest BCUT2D eigenvalue weighted by atomic mass is 16.5. The van der Waals surface area contributed by atoms with Crippen LogP contribution in [-0.2, 0) is 4.74 Å². The van der Waals surface area contributed by atoms with E-state index in [0.717, 1.165) is 0 Å². The molecule has 0 aliphatic rings. The SMILES string of the molecule is CC(C)OCCN(C)C(=O)c1ccc(C#N)cn1. The molecule has 1 rings (SSSR count). The topological polar surface area (TPSA) is 66.2 Å². The lowest BCUT2D eigenvalue weighted by Crippen LogP contribution is -2.31. The van der Waals surface area contributed by atoms with Gasteiger partial charge in [-0.15, -0.1) is 0 Å². The number of amides is 1. The molecule has 0 bridgehead atoms. The number of hydrogen-bond acceptors (Lipinski definition) is 4. The molecule has 0 fully saturated rings. The number of likely N-dealkylation sites (N-methyl/N-ethyl adjacent to an activating group) is 1. The predicted octanol–water partition coefficient (Wildman–Crippen LogP) is 1.45. The van der Waals surface area contributed by atoms with Crippen molar-refractivity contribution in [2.45, 2.75) is 20.0 Å². The number of aromatic nitrogens is 1. The van der Waals surface area contributed by atoms with Crippen LogP contribution in [0.1, 0.15) is 29.9 Å². The summed E-state index contributed by atoms with van der Waals surface area (Å²) >= 11 is 0. The Morgan fingerprint density at radius 2 is 2.28 bits per heavy atom. The van der Waals surface area contributed by atoms with Crippen LogP contribution in [0.15, 0.2) is 18.3 Å². The minimum absolute atomic E-state index is 0.154. The molecule has 1 aromatic heterocycles. The molecule has 1 amide bonds. The minimum Gasteiger partial charge on any atom is -0.377 e. The highest BCUT2D eigenvalue weighted by Gasteiger charge is 2.12. The first-order valence-electron chi connectivity index (χ1n) is 5.78. The third-order valence-electron chi connectivity index (χ3n) is 2.34. The van der Waals surface area contributed by atoms with Crippen molar-refractivity contribution in [3.05, 3.63) is 29.6 Å². The maximum absolute atomic E-state index is 11.9. The molecule has 0 spiro atoms. The van der Waals surface area contributed by atoms with Crippen LogP contribution < -0.4 is 0 Å². The van der Waals surface area contributed by atoms with Crippen LogP contribution in [0.3, 0.4) is 0 Å². The van der Waals surface area contributed by atoms with Crippen LogP contribution >= 0.6 is 0 Å². The molecule has 0 atom stereocenters. The lowest BCUT2D eigenvalue weighted by atomic mass is 10.2. The summed E-state index contributed by atoms with van der Waals surface area (Å²) < 4.78 is 5.38. The third kappa shape index (κ3) is 4.15. The van der Waals surface area contributed by atoms with Crippen molar-refractivity contribution < 1.29 is 9.53 Å². The van der Waals surface area contributed by atoms with Gasteiger partial charge in [0.2, 0.25) is 0 Å². The Hall–Kier alpha value is -1.93. The Morgan fingerprint density at radius 3 is 2.78 bits per heavy atom. The van der Waals surface area contributed by atoms with Crippen molar-refractivity contribution in [2.75, 3.05) is 20.2 Å². The zero-order valence-corrected chi connectivity index (χ0v) is 10.9. The quantitative estimate of drug-likeness (QED) is 0.789. The van der Waals surface area contributed by atoms with Crippen molar-refractivity contribution in [1.29, 1.82) is 5.26 Å². The van der Waals surface area contributed by atoms with Crippen molar-refractivity contribution in [3.63, 3.8) is 0 Å². The molecule has 0 radical (unpaired) electrons. The van der Waals surface area contributed by atoms with Gasteiger partial charge in [0.05, 0.1) is 18.3 Å². The Kier molecular flexibility index (Phi) is 5.28. The van der Waals surface area contributed by atoms with Crippen molar-refractivity contribution in [1.82, 2.24) is 9.88 Å². The number of carbonyl (C=O) groups excluding carboxylic acids is 1. The molecule has 1 heterocycles. The monoisotopic (exact) mass is 247 g/mol. The lowest BCUT2D eigenvalue weighted by molar-refractivity contribution is 0.0529. The molecular weight excluding hydrogens is 230 g/mol. The van der Waals surface area contributed by atoms with E-state index in [9.17, 15) is 4.79 Å². The Morgan fingerprint density at radius 1 is 1.56 bits per heavy atom. The Balaban J connectivity index is 2.55. The smallest absolute Gasteiger partial charge is 0.272 e. The number of rotatable bonds is 5. The highest BCUT2D eigenvalue weighted by Crippen LogP contribution is 2.02. The fourth-order valence-electron chi connectivity index (χ4n) is 1.31. The van der Waals surface area contributed by atoms with Gasteiger partial charge in [0.25, 0.3) is 5.91 Å². The second-order valence-corrected chi connectivity index (χ2v) is 4.19. The first-order valence-corrected chi connectivity index (χ1v) is 5.78. The zero-order valence-electron chi connectivity index (χ0n) is 10.9. The summed E-state index contributed by atoms with van der Waals surface area (Å²) in [6, 6.07) is 5.10. The summed E-state index contributed by atoms with van der Waals surface area (Å²) in [5, 5.41) is 8.64. The van der Waals surface area contributed by atoms with Gasteiger partial charge in [-0.05, 0) is 26.0 Å². The van der Waals surface area contributed by atoms with Crippen molar-refractivity contribution in [2.24, 2.45) is 0 Å². The normalized spacial score (nSPS) is 10.2. The van der Waals surface area contributed by atoms with Crippen LogP contribution in [0.2, 0.25) is 0 Å². The third-order valence-corrected chi connectivity index (χ3v) is 2.34. The van der Waals surface area contributed by atoms with Gasteiger partial charge >= 0.3 is 0 Å². The molecule has 18 heavy (non-hydrogen) atoms. The average Bonchev–Trinajstić information content (AvgIpc) is 2.37. The molecule has 0 unspecified atom stereocenters. The molecule has 5 nitrogen and oxygen atoms in total. The second kappa shape index (κ2) is 6.72. The van der Waals surface area contributed by atoms with Gasteiger partial charge in [-0.1, -0.05) is 0 Å².